The summed E-state index contributed by atoms with van der Waals surface area (Å²) in [7, 11) is -3.10. The monoisotopic (exact) mass is 278 g/mol. The van der Waals surface area contributed by atoms with Gasteiger partial charge in [-0.05, 0) is 30.7 Å². The normalized spacial score (nSPS) is 19.2. The van der Waals surface area contributed by atoms with Crippen molar-refractivity contribution in [3.8, 4) is 6.07 Å². The van der Waals surface area contributed by atoms with Gasteiger partial charge in [0.1, 0.15) is 0 Å². The van der Waals surface area contributed by atoms with E-state index in [1.807, 2.05) is 6.07 Å². The van der Waals surface area contributed by atoms with Gasteiger partial charge in [-0.25, -0.2) is 8.42 Å². The zero-order chi connectivity index (χ0) is 14.0. The Morgan fingerprint density at radius 1 is 1.37 bits per heavy atom. The summed E-state index contributed by atoms with van der Waals surface area (Å²) in [6.45, 7) is 0.703. The molecule has 1 unspecified atom stereocenters. The lowest BCUT2D eigenvalue weighted by atomic mass is 10.1. The van der Waals surface area contributed by atoms with E-state index < -0.39 is 15.1 Å². The van der Waals surface area contributed by atoms with Gasteiger partial charge in [0.15, 0.2) is 9.84 Å². The van der Waals surface area contributed by atoms with Crippen molar-refractivity contribution in [1.29, 1.82) is 5.26 Å². The van der Waals surface area contributed by atoms with Gasteiger partial charge in [-0.3, -0.25) is 4.79 Å². The Bertz CT molecular complexity index is 629. The molecule has 1 saturated heterocycles. The van der Waals surface area contributed by atoms with Crippen LogP contribution in [0.15, 0.2) is 24.3 Å². The maximum absolute atomic E-state index is 12.2. The third-order valence-corrected chi connectivity index (χ3v) is 4.89. The molecular formula is C13H14N2O3S. The molecule has 100 valence electrons. The van der Waals surface area contributed by atoms with Gasteiger partial charge < -0.3 is 4.90 Å². The predicted octanol–water partition coefficient (Wildman–Crippen LogP) is 0.817. The molecule has 1 aliphatic rings. The molecule has 0 bridgehead atoms. The fourth-order valence-corrected chi connectivity index (χ4v) is 3.12. The minimum Gasteiger partial charge on any atom is -0.337 e. The van der Waals surface area contributed by atoms with Crippen LogP contribution in [0.25, 0.3) is 0 Å². The Hall–Kier alpha value is -1.87. The number of likely N-dealkylation sites (tertiary alicyclic amines) is 1. The van der Waals surface area contributed by atoms with Crippen LogP contribution in [-0.2, 0) is 9.84 Å². The zero-order valence-electron chi connectivity index (χ0n) is 10.5. The van der Waals surface area contributed by atoms with Crippen molar-refractivity contribution >= 4 is 15.7 Å². The van der Waals surface area contributed by atoms with Crippen molar-refractivity contribution in [1.82, 2.24) is 4.90 Å². The molecule has 0 N–H and O–H groups in total. The minimum absolute atomic E-state index is 0.185. The highest BCUT2D eigenvalue weighted by atomic mass is 32.2. The molecule has 19 heavy (non-hydrogen) atoms. The van der Waals surface area contributed by atoms with E-state index in [4.69, 9.17) is 5.26 Å². The number of hydrogen-bond acceptors (Lipinski definition) is 4. The van der Waals surface area contributed by atoms with E-state index >= 15 is 0 Å². The van der Waals surface area contributed by atoms with Gasteiger partial charge in [0, 0.05) is 24.9 Å². The third kappa shape index (κ3) is 2.93. The first kappa shape index (κ1) is 13.6. The molecular weight excluding hydrogens is 264 g/mol. The summed E-state index contributed by atoms with van der Waals surface area (Å²) in [4.78, 5) is 13.7. The first-order chi connectivity index (χ1) is 8.91. The van der Waals surface area contributed by atoms with Crippen molar-refractivity contribution in [3.05, 3.63) is 35.4 Å². The molecule has 6 heteroatoms. The summed E-state index contributed by atoms with van der Waals surface area (Å²) in [5.41, 5.74) is 0.972. The molecule has 1 aliphatic heterocycles. The summed E-state index contributed by atoms with van der Waals surface area (Å²) in [6.07, 6.45) is 1.69. The fourth-order valence-electron chi connectivity index (χ4n) is 2.13. The second-order valence-corrected chi connectivity index (χ2v) is 7.01. The summed E-state index contributed by atoms with van der Waals surface area (Å²) < 4.78 is 22.9. The van der Waals surface area contributed by atoms with Crippen molar-refractivity contribution in [3.63, 3.8) is 0 Å². The average molecular weight is 278 g/mol. The van der Waals surface area contributed by atoms with Crippen molar-refractivity contribution < 1.29 is 13.2 Å². The van der Waals surface area contributed by atoms with Crippen molar-refractivity contribution in [2.45, 2.75) is 11.7 Å². The van der Waals surface area contributed by atoms with E-state index in [1.54, 1.807) is 29.2 Å². The number of hydrogen-bond donors (Lipinski definition) is 0. The molecule has 0 aliphatic carbocycles. The highest BCUT2D eigenvalue weighted by Gasteiger charge is 2.32. The van der Waals surface area contributed by atoms with Crippen LogP contribution < -0.4 is 0 Å². The van der Waals surface area contributed by atoms with E-state index in [0.717, 1.165) is 0 Å². The van der Waals surface area contributed by atoms with Crippen LogP contribution in [-0.4, -0.2) is 43.8 Å². The van der Waals surface area contributed by atoms with E-state index in [-0.39, 0.29) is 12.5 Å². The van der Waals surface area contributed by atoms with Gasteiger partial charge in [-0.2, -0.15) is 5.26 Å². The number of amides is 1. The van der Waals surface area contributed by atoms with Crippen LogP contribution in [0.3, 0.4) is 0 Å². The van der Waals surface area contributed by atoms with Gasteiger partial charge >= 0.3 is 0 Å². The summed E-state index contributed by atoms with van der Waals surface area (Å²) >= 11 is 0. The molecule has 0 spiro atoms. The Labute approximate surface area is 112 Å². The standard InChI is InChI=1S/C13H14N2O3S/c1-19(17,18)12-6-7-15(9-12)13(16)11-4-2-10(8-14)3-5-11/h2-5,12H,6-7,9H2,1H3. The zero-order valence-corrected chi connectivity index (χ0v) is 11.4. The van der Waals surface area contributed by atoms with E-state index in [0.29, 0.717) is 24.1 Å². The lowest BCUT2D eigenvalue weighted by Gasteiger charge is -2.16. The predicted molar refractivity (Wildman–Crippen MR) is 70.3 cm³/mol. The Morgan fingerprint density at radius 3 is 2.47 bits per heavy atom. The topological polar surface area (TPSA) is 78.2 Å². The van der Waals surface area contributed by atoms with E-state index in [2.05, 4.69) is 0 Å². The minimum atomic E-state index is -3.10. The van der Waals surface area contributed by atoms with Crippen LogP contribution in [0.4, 0.5) is 0 Å². The first-order valence-corrected chi connectivity index (χ1v) is 7.85. The molecule has 1 aromatic carbocycles. The molecule has 0 radical (unpaired) electrons. The quantitative estimate of drug-likeness (QED) is 0.802. The molecule has 1 fully saturated rings. The summed E-state index contributed by atoms with van der Waals surface area (Å²) in [6, 6.07) is 8.33. The SMILES string of the molecule is CS(=O)(=O)C1CCN(C(=O)c2ccc(C#N)cc2)C1. The van der Waals surface area contributed by atoms with E-state index in [1.165, 1.54) is 6.26 Å². The first-order valence-electron chi connectivity index (χ1n) is 5.90. The lowest BCUT2D eigenvalue weighted by Crippen LogP contribution is -2.31. The Morgan fingerprint density at radius 2 is 2.00 bits per heavy atom. The molecule has 5 nitrogen and oxygen atoms in total. The number of nitrogens with zero attached hydrogens (tertiary/aromatic N) is 2. The van der Waals surface area contributed by atoms with Crippen LogP contribution in [0.1, 0.15) is 22.3 Å². The number of rotatable bonds is 2. The van der Waals surface area contributed by atoms with E-state index in [9.17, 15) is 13.2 Å². The maximum atomic E-state index is 12.2. The Kier molecular flexibility index (Phi) is 3.58. The number of carbonyl (C=O) groups is 1. The highest BCUT2D eigenvalue weighted by Crippen LogP contribution is 2.18. The number of nitriles is 1. The number of sulfone groups is 1. The summed E-state index contributed by atoms with van der Waals surface area (Å²) in [5.74, 6) is -0.185. The molecule has 1 heterocycles. The van der Waals surface area contributed by atoms with Crippen LogP contribution >= 0.6 is 0 Å². The maximum Gasteiger partial charge on any atom is 0.253 e. The van der Waals surface area contributed by atoms with Gasteiger partial charge in [-0.15, -0.1) is 0 Å². The Balaban J connectivity index is 2.11. The van der Waals surface area contributed by atoms with Gasteiger partial charge in [0.2, 0.25) is 0 Å². The molecule has 2 rings (SSSR count). The molecule has 1 aromatic rings. The largest absolute Gasteiger partial charge is 0.337 e. The second-order valence-electron chi connectivity index (χ2n) is 4.68. The lowest BCUT2D eigenvalue weighted by molar-refractivity contribution is 0.0793. The molecule has 0 saturated carbocycles. The molecule has 1 amide bonds. The second kappa shape index (κ2) is 5.02. The average Bonchev–Trinajstić information content (AvgIpc) is 2.87. The van der Waals surface area contributed by atoms with Gasteiger partial charge in [0.05, 0.1) is 16.9 Å². The van der Waals surface area contributed by atoms with Crippen LogP contribution in [0, 0.1) is 11.3 Å². The van der Waals surface area contributed by atoms with Gasteiger partial charge in [0.25, 0.3) is 5.91 Å². The highest BCUT2D eigenvalue weighted by molar-refractivity contribution is 7.91. The molecule has 0 aromatic heterocycles. The van der Waals surface area contributed by atoms with Crippen LogP contribution in [0.2, 0.25) is 0 Å². The van der Waals surface area contributed by atoms with Crippen LogP contribution in [0.5, 0.6) is 0 Å². The van der Waals surface area contributed by atoms with Crippen molar-refractivity contribution in [2.75, 3.05) is 19.3 Å². The smallest absolute Gasteiger partial charge is 0.253 e. The third-order valence-electron chi connectivity index (χ3n) is 3.30. The van der Waals surface area contributed by atoms with Gasteiger partial charge in [-0.1, -0.05) is 0 Å². The fraction of sp³-hybridized carbons (Fsp3) is 0.385. The number of carbonyl (C=O) groups excluding carboxylic acids is 1. The summed E-state index contributed by atoms with van der Waals surface area (Å²) in [5, 5.41) is 8.23. The molecule has 1 atom stereocenters. The number of benzene rings is 1. The van der Waals surface area contributed by atoms with Crippen molar-refractivity contribution in [2.24, 2.45) is 0 Å².